The van der Waals surface area contributed by atoms with Gasteiger partial charge < -0.3 is 4.90 Å². The summed E-state index contributed by atoms with van der Waals surface area (Å²) in [7, 11) is 2.15. The van der Waals surface area contributed by atoms with E-state index >= 15 is 0 Å². The van der Waals surface area contributed by atoms with Gasteiger partial charge in [0.05, 0.1) is 0 Å². The number of nitrogens with zero attached hydrogens (tertiary/aromatic N) is 1. The Morgan fingerprint density at radius 2 is 2.00 bits per heavy atom. The highest BCUT2D eigenvalue weighted by molar-refractivity contribution is 5.25. The number of rotatable bonds is 4. The van der Waals surface area contributed by atoms with Gasteiger partial charge in [-0.2, -0.15) is 0 Å². The molecule has 1 aromatic rings. The van der Waals surface area contributed by atoms with Crippen LogP contribution in [0.15, 0.2) is 24.3 Å². The highest BCUT2D eigenvalue weighted by atomic mass is 15.1. The Kier molecular flexibility index (Phi) is 4.15. The fourth-order valence-electron chi connectivity index (χ4n) is 1.47. The molecule has 0 saturated heterocycles. The van der Waals surface area contributed by atoms with E-state index in [0.717, 1.165) is 13.1 Å². The molecular weight excluding hydrogens is 170 g/mol. The van der Waals surface area contributed by atoms with Crippen LogP contribution in [-0.2, 0) is 6.54 Å². The van der Waals surface area contributed by atoms with Gasteiger partial charge in [0.2, 0.25) is 0 Å². The number of benzene rings is 1. The SMILES string of the molecule is CCN(C)Cc1cccc(C(C)C)c1. The molecule has 0 N–H and O–H groups in total. The van der Waals surface area contributed by atoms with Gasteiger partial charge in [0.1, 0.15) is 0 Å². The van der Waals surface area contributed by atoms with Crippen LogP contribution in [-0.4, -0.2) is 18.5 Å². The first kappa shape index (κ1) is 11.3. The van der Waals surface area contributed by atoms with Crippen molar-refractivity contribution in [2.24, 2.45) is 0 Å². The third-order valence-electron chi connectivity index (χ3n) is 2.61. The molecule has 1 heteroatoms. The van der Waals surface area contributed by atoms with Crippen molar-refractivity contribution in [3.05, 3.63) is 35.4 Å². The monoisotopic (exact) mass is 191 g/mol. The Morgan fingerprint density at radius 3 is 2.57 bits per heavy atom. The van der Waals surface area contributed by atoms with Crippen molar-refractivity contribution in [3.8, 4) is 0 Å². The van der Waals surface area contributed by atoms with Gasteiger partial charge in [-0.3, -0.25) is 0 Å². The summed E-state index contributed by atoms with van der Waals surface area (Å²) in [6, 6.07) is 8.89. The van der Waals surface area contributed by atoms with E-state index < -0.39 is 0 Å². The molecule has 0 spiro atoms. The van der Waals surface area contributed by atoms with Crippen molar-refractivity contribution in [3.63, 3.8) is 0 Å². The first-order chi connectivity index (χ1) is 6.63. The third-order valence-corrected chi connectivity index (χ3v) is 2.61. The van der Waals surface area contributed by atoms with Gasteiger partial charge in [-0.05, 0) is 30.6 Å². The lowest BCUT2D eigenvalue weighted by Gasteiger charge is -2.15. The minimum atomic E-state index is 0.627. The molecular formula is C13H21N. The number of hydrogen-bond acceptors (Lipinski definition) is 1. The van der Waals surface area contributed by atoms with Crippen molar-refractivity contribution in [1.82, 2.24) is 4.90 Å². The van der Waals surface area contributed by atoms with Gasteiger partial charge in [-0.1, -0.05) is 45.0 Å². The molecule has 0 bridgehead atoms. The average Bonchev–Trinajstić information content (AvgIpc) is 2.18. The summed E-state index contributed by atoms with van der Waals surface area (Å²) in [6.45, 7) is 8.82. The molecule has 0 aliphatic heterocycles. The Morgan fingerprint density at radius 1 is 1.29 bits per heavy atom. The van der Waals surface area contributed by atoms with Crippen LogP contribution < -0.4 is 0 Å². The smallest absolute Gasteiger partial charge is 0.0230 e. The predicted octanol–water partition coefficient (Wildman–Crippen LogP) is 3.26. The lowest BCUT2D eigenvalue weighted by molar-refractivity contribution is 0.345. The zero-order valence-electron chi connectivity index (χ0n) is 9.75. The Labute approximate surface area is 87.7 Å². The Bertz CT molecular complexity index is 278. The van der Waals surface area contributed by atoms with E-state index in [1.54, 1.807) is 0 Å². The van der Waals surface area contributed by atoms with Crippen LogP contribution in [0.1, 0.15) is 37.8 Å². The molecule has 1 aromatic carbocycles. The maximum Gasteiger partial charge on any atom is 0.0230 e. The second-order valence-corrected chi connectivity index (χ2v) is 4.23. The molecule has 1 rings (SSSR count). The van der Waals surface area contributed by atoms with E-state index in [2.05, 4.69) is 57.0 Å². The van der Waals surface area contributed by atoms with Crippen LogP contribution in [0.2, 0.25) is 0 Å². The quantitative estimate of drug-likeness (QED) is 0.706. The lowest BCUT2D eigenvalue weighted by Crippen LogP contribution is -2.16. The fourth-order valence-corrected chi connectivity index (χ4v) is 1.47. The van der Waals surface area contributed by atoms with Crippen molar-refractivity contribution < 1.29 is 0 Å². The minimum Gasteiger partial charge on any atom is -0.302 e. The van der Waals surface area contributed by atoms with E-state index in [1.807, 2.05) is 0 Å². The van der Waals surface area contributed by atoms with Crippen LogP contribution in [0.3, 0.4) is 0 Å². The predicted molar refractivity (Wildman–Crippen MR) is 62.5 cm³/mol. The first-order valence-electron chi connectivity index (χ1n) is 5.41. The molecule has 0 radical (unpaired) electrons. The van der Waals surface area contributed by atoms with Crippen LogP contribution in [0, 0.1) is 0 Å². The zero-order chi connectivity index (χ0) is 10.6. The van der Waals surface area contributed by atoms with Crippen molar-refractivity contribution in [1.29, 1.82) is 0 Å². The van der Waals surface area contributed by atoms with E-state index in [1.165, 1.54) is 11.1 Å². The van der Waals surface area contributed by atoms with E-state index in [-0.39, 0.29) is 0 Å². The normalized spacial score (nSPS) is 11.3. The molecule has 0 amide bonds. The van der Waals surface area contributed by atoms with Gasteiger partial charge in [0.25, 0.3) is 0 Å². The summed E-state index contributed by atoms with van der Waals surface area (Å²) < 4.78 is 0. The Balaban J connectivity index is 2.73. The second kappa shape index (κ2) is 5.16. The first-order valence-corrected chi connectivity index (χ1v) is 5.41. The van der Waals surface area contributed by atoms with Gasteiger partial charge in [-0.15, -0.1) is 0 Å². The minimum absolute atomic E-state index is 0.627. The van der Waals surface area contributed by atoms with Crippen LogP contribution >= 0.6 is 0 Å². The molecule has 0 aliphatic rings. The molecule has 0 aromatic heterocycles. The molecule has 0 unspecified atom stereocenters. The van der Waals surface area contributed by atoms with E-state index in [4.69, 9.17) is 0 Å². The summed E-state index contributed by atoms with van der Waals surface area (Å²) in [5, 5.41) is 0. The summed E-state index contributed by atoms with van der Waals surface area (Å²) in [5.74, 6) is 0.627. The number of hydrogen-bond donors (Lipinski definition) is 0. The maximum atomic E-state index is 2.32. The molecule has 78 valence electrons. The molecule has 0 atom stereocenters. The summed E-state index contributed by atoms with van der Waals surface area (Å²) in [6.07, 6.45) is 0. The van der Waals surface area contributed by atoms with Crippen LogP contribution in [0.4, 0.5) is 0 Å². The highest BCUT2D eigenvalue weighted by Crippen LogP contribution is 2.16. The molecule has 0 heterocycles. The van der Waals surface area contributed by atoms with Crippen LogP contribution in [0.5, 0.6) is 0 Å². The van der Waals surface area contributed by atoms with E-state index in [9.17, 15) is 0 Å². The standard InChI is InChI=1S/C13H21N/c1-5-14(4)10-12-7-6-8-13(9-12)11(2)3/h6-9,11H,5,10H2,1-4H3. The molecule has 1 nitrogen and oxygen atoms in total. The van der Waals surface area contributed by atoms with Crippen molar-refractivity contribution in [2.45, 2.75) is 33.2 Å². The van der Waals surface area contributed by atoms with Gasteiger partial charge in [0, 0.05) is 6.54 Å². The van der Waals surface area contributed by atoms with Crippen molar-refractivity contribution >= 4 is 0 Å². The molecule has 14 heavy (non-hydrogen) atoms. The largest absolute Gasteiger partial charge is 0.302 e. The van der Waals surface area contributed by atoms with Gasteiger partial charge >= 0.3 is 0 Å². The summed E-state index contributed by atoms with van der Waals surface area (Å²) >= 11 is 0. The molecule has 0 fully saturated rings. The third kappa shape index (κ3) is 3.15. The zero-order valence-corrected chi connectivity index (χ0v) is 9.75. The fraction of sp³-hybridized carbons (Fsp3) is 0.538. The molecule has 0 saturated carbocycles. The van der Waals surface area contributed by atoms with Gasteiger partial charge in [-0.25, -0.2) is 0 Å². The van der Waals surface area contributed by atoms with E-state index in [0.29, 0.717) is 5.92 Å². The highest BCUT2D eigenvalue weighted by Gasteiger charge is 2.01. The molecule has 0 aliphatic carbocycles. The topological polar surface area (TPSA) is 3.24 Å². The maximum absolute atomic E-state index is 2.32. The summed E-state index contributed by atoms with van der Waals surface area (Å²) in [4.78, 5) is 2.32. The Hall–Kier alpha value is -0.820. The van der Waals surface area contributed by atoms with Crippen LogP contribution in [0.25, 0.3) is 0 Å². The average molecular weight is 191 g/mol. The lowest BCUT2D eigenvalue weighted by atomic mass is 10.0. The van der Waals surface area contributed by atoms with Crippen molar-refractivity contribution in [2.75, 3.05) is 13.6 Å². The summed E-state index contributed by atoms with van der Waals surface area (Å²) in [5.41, 5.74) is 2.85. The second-order valence-electron chi connectivity index (χ2n) is 4.23. The van der Waals surface area contributed by atoms with Gasteiger partial charge in [0.15, 0.2) is 0 Å².